The molecule has 4 nitrogen and oxygen atoms in total. The summed E-state index contributed by atoms with van der Waals surface area (Å²) in [5.41, 5.74) is 1.08. The summed E-state index contributed by atoms with van der Waals surface area (Å²) in [5, 5.41) is 3.44. The van der Waals surface area contributed by atoms with Crippen LogP contribution in [0.15, 0.2) is 12.4 Å². The molecule has 0 amide bonds. The normalized spacial score (nSPS) is 13.3. The Morgan fingerprint density at radius 3 is 2.65 bits per heavy atom. The van der Waals surface area contributed by atoms with Gasteiger partial charge < -0.3 is 10.2 Å². The lowest BCUT2D eigenvalue weighted by atomic mass is 10.1. The number of hydrogen-bond acceptors (Lipinski definition) is 5. The van der Waals surface area contributed by atoms with Gasteiger partial charge in [0.1, 0.15) is 5.82 Å². The molecule has 1 atom stereocenters. The molecular weight excluding hydrogens is 268 g/mol. The van der Waals surface area contributed by atoms with Gasteiger partial charge >= 0.3 is 0 Å². The van der Waals surface area contributed by atoms with Crippen LogP contribution in [0.25, 0.3) is 0 Å². The van der Waals surface area contributed by atoms with Gasteiger partial charge in [-0.25, -0.2) is 4.98 Å². The Morgan fingerprint density at radius 1 is 1.35 bits per heavy atom. The fourth-order valence-corrected chi connectivity index (χ4v) is 2.29. The summed E-state index contributed by atoms with van der Waals surface area (Å²) in [4.78, 5) is 11.2. The predicted molar refractivity (Wildman–Crippen MR) is 89.5 cm³/mol. The van der Waals surface area contributed by atoms with Crippen molar-refractivity contribution in [2.45, 2.75) is 52.2 Å². The SMILES string of the molecule is CSCCC(C)N(C)c1cncc(CNC(C)(C)C)n1. The first-order valence-electron chi connectivity index (χ1n) is 7.11. The number of rotatable bonds is 7. The van der Waals surface area contributed by atoms with Crippen LogP contribution in [0.2, 0.25) is 0 Å². The average Bonchev–Trinajstić information content (AvgIpc) is 2.41. The van der Waals surface area contributed by atoms with E-state index in [9.17, 15) is 0 Å². The molecular formula is C15H28N4S. The Kier molecular flexibility index (Phi) is 6.76. The van der Waals surface area contributed by atoms with Gasteiger partial charge in [-0.05, 0) is 46.1 Å². The third-order valence-electron chi connectivity index (χ3n) is 3.23. The minimum Gasteiger partial charge on any atom is -0.356 e. The molecule has 5 heteroatoms. The molecule has 1 unspecified atom stereocenters. The van der Waals surface area contributed by atoms with Crippen molar-refractivity contribution in [2.75, 3.05) is 24.0 Å². The third kappa shape index (κ3) is 6.09. The quantitative estimate of drug-likeness (QED) is 0.838. The molecule has 0 fully saturated rings. The molecule has 1 aromatic heterocycles. The van der Waals surface area contributed by atoms with Crippen molar-refractivity contribution >= 4 is 17.6 Å². The van der Waals surface area contributed by atoms with Crippen molar-refractivity contribution < 1.29 is 0 Å². The van der Waals surface area contributed by atoms with Gasteiger partial charge in [0.25, 0.3) is 0 Å². The van der Waals surface area contributed by atoms with Gasteiger partial charge in [0, 0.05) is 31.4 Å². The van der Waals surface area contributed by atoms with E-state index in [2.05, 4.69) is 56.2 Å². The van der Waals surface area contributed by atoms with Crippen LogP contribution >= 0.6 is 11.8 Å². The zero-order chi connectivity index (χ0) is 15.2. The average molecular weight is 296 g/mol. The largest absolute Gasteiger partial charge is 0.356 e. The molecule has 0 bridgehead atoms. The van der Waals surface area contributed by atoms with E-state index >= 15 is 0 Å². The van der Waals surface area contributed by atoms with Crippen LogP contribution in [0.1, 0.15) is 39.8 Å². The van der Waals surface area contributed by atoms with Gasteiger partial charge in [0.05, 0.1) is 11.9 Å². The zero-order valence-corrected chi connectivity index (χ0v) is 14.4. The van der Waals surface area contributed by atoms with E-state index < -0.39 is 0 Å². The predicted octanol–water partition coefficient (Wildman–Crippen LogP) is 2.94. The van der Waals surface area contributed by atoms with Crippen molar-refractivity contribution in [3.63, 3.8) is 0 Å². The summed E-state index contributed by atoms with van der Waals surface area (Å²) in [7, 11) is 2.09. The van der Waals surface area contributed by atoms with Crippen molar-refractivity contribution in [2.24, 2.45) is 0 Å². The maximum absolute atomic E-state index is 4.70. The van der Waals surface area contributed by atoms with Crippen LogP contribution < -0.4 is 10.2 Å². The van der Waals surface area contributed by atoms with Gasteiger partial charge in [0.2, 0.25) is 0 Å². The van der Waals surface area contributed by atoms with E-state index in [0.717, 1.165) is 24.5 Å². The highest BCUT2D eigenvalue weighted by Gasteiger charge is 2.13. The summed E-state index contributed by atoms with van der Waals surface area (Å²) >= 11 is 1.88. The molecule has 0 saturated carbocycles. The molecule has 0 aromatic carbocycles. The molecule has 0 aliphatic heterocycles. The van der Waals surface area contributed by atoms with Gasteiger partial charge in [-0.2, -0.15) is 11.8 Å². The minimum atomic E-state index is 0.0925. The first kappa shape index (κ1) is 17.2. The first-order chi connectivity index (χ1) is 9.33. The molecule has 1 N–H and O–H groups in total. The summed E-state index contributed by atoms with van der Waals surface area (Å²) in [5.74, 6) is 2.12. The number of aromatic nitrogens is 2. The van der Waals surface area contributed by atoms with Gasteiger partial charge in [-0.15, -0.1) is 0 Å². The van der Waals surface area contributed by atoms with Crippen molar-refractivity contribution in [3.8, 4) is 0 Å². The summed E-state index contributed by atoms with van der Waals surface area (Å²) in [6, 6.07) is 0.475. The second-order valence-electron chi connectivity index (χ2n) is 6.21. The molecule has 1 heterocycles. The van der Waals surface area contributed by atoms with Gasteiger partial charge in [-0.3, -0.25) is 4.98 Å². The Bertz CT molecular complexity index is 403. The molecule has 20 heavy (non-hydrogen) atoms. The maximum atomic E-state index is 4.70. The van der Waals surface area contributed by atoms with Crippen LogP contribution in [0, 0.1) is 0 Å². The van der Waals surface area contributed by atoms with Crippen LogP contribution in [0.5, 0.6) is 0 Å². The van der Waals surface area contributed by atoms with Gasteiger partial charge in [-0.1, -0.05) is 0 Å². The third-order valence-corrected chi connectivity index (χ3v) is 3.88. The van der Waals surface area contributed by atoms with Gasteiger partial charge in [0.15, 0.2) is 0 Å². The fraction of sp³-hybridized carbons (Fsp3) is 0.733. The molecule has 0 saturated heterocycles. The van der Waals surface area contributed by atoms with E-state index in [-0.39, 0.29) is 5.54 Å². The Balaban J connectivity index is 2.67. The highest BCUT2D eigenvalue weighted by atomic mass is 32.2. The topological polar surface area (TPSA) is 41.1 Å². The fourth-order valence-electron chi connectivity index (χ4n) is 1.71. The number of nitrogens with one attached hydrogen (secondary N) is 1. The smallest absolute Gasteiger partial charge is 0.147 e. The molecule has 0 radical (unpaired) electrons. The number of thioether (sulfide) groups is 1. The molecule has 0 aliphatic carbocycles. The van der Waals surface area contributed by atoms with Crippen molar-refractivity contribution in [3.05, 3.63) is 18.1 Å². The van der Waals surface area contributed by atoms with Crippen molar-refractivity contribution in [1.82, 2.24) is 15.3 Å². The van der Waals surface area contributed by atoms with E-state index in [1.54, 1.807) is 0 Å². The van der Waals surface area contributed by atoms with E-state index in [1.165, 1.54) is 5.75 Å². The maximum Gasteiger partial charge on any atom is 0.147 e. The lowest BCUT2D eigenvalue weighted by molar-refractivity contribution is 0.421. The Hall–Kier alpha value is -0.810. The van der Waals surface area contributed by atoms with Crippen LogP contribution in [0.4, 0.5) is 5.82 Å². The summed E-state index contributed by atoms with van der Waals surface area (Å²) in [6.45, 7) is 9.44. The first-order valence-corrected chi connectivity index (χ1v) is 8.50. The second-order valence-corrected chi connectivity index (χ2v) is 7.20. The van der Waals surface area contributed by atoms with Crippen LogP contribution in [-0.4, -0.2) is 40.6 Å². The summed E-state index contributed by atoms with van der Waals surface area (Å²) < 4.78 is 0. The molecule has 0 aliphatic rings. The van der Waals surface area contributed by atoms with E-state index in [1.807, 2.05) is 24.2 Å². The van der Waals surface area contributed by atoms with E-state index in [0.29, 0.717) is 6.04 Å². The molecule has 114 valence electrons. The van der Waals surface area contributed by atoms with E-state index in [4.69, 9.17) is 4.98 Å². The minimum absolute atomic E-state index is 0.0925. The Morgan fingerprint density at radius 2 is 2.05 bits per heavy atom. The lowest BCUT2D eigenvalue weighted by Crippen LogP contribution is -2.35. The molecule has 1 aromatic rings. The van der Waals surface area contributed by atoms with Crippen LogP contribution in [0.3, 0.4) is 0 Å². The monoisotopic (exact) mass is 296 g/mol. The Labute approximate surface area is 127 Å². The molecule has 1 rings (SSSR count). The summed E-state index contributed by atoms with van der Waals surface area (Å²) in [6.07, 6.45) is 6.98. The standard InChI is InChI=1S/C15H28N4S/c1-12(7-8-20-6)19(5)14-11-16-9-13(18-14)10-17-15(2,3)4/h9,11-12,17H,7-8,10H2,1-6H3. The number of nitrogens with zero attached hydrogens (tertiary/aromatic N) is 3. The highest BCUT2D eigenvalue weighted by Crippen LogP contribution is 2.15. The second kappa shape index (κ2) is 7.84. The zero-order valence-electron chi connectivity index (χ0n) is 13.6. The lowest BCUT2D eigenvalue weighted by Gasteiger charge is -2.26. The molecule has 0 spiro atoms. The van der Waals surface area contributed by atoms with Crippen LogP contribution in [-0.2, 0) is 6.54 Å². The highest BCUT2D eigenvalue weighted by molar-refractivity contribution is 7.98. The number of hydrogen-bond donors (Lipinski definition) is 1. The van der Waals surface area contributed by atoms with Crippen molar-refractivity contribution in [1.29, 1.82) is 0 Å². The number of anilines is 1.